The molecule has 1 heterocycles. The van der Waals surface area contributed by atoms with Crippen LogP contribution >= 0.6 is 0 Å². The standard InChI is InChI=1S/C22H17N3O3/c1-14-10-12-15(13-11-14)23-22(27)25-18-8-4-2-6-16(18)20-24-19-9-5-3-7-17(19)21(26)28-20/h2-13H,1H3,(H2,23,25,27). The fraction of sp³-hybridized carbons (Fsp3) is 0.0455. The maximum Gasteiger partial charge on any atom is 0.347 e. The van der Waals surface area contributed by atoms with E-state index >= 15 is 0 Å². The molecule has 0 radical (unpaired) electrons. The first-order chi connectivity index (χ1) is 13.6. The number of fused-ring (bicyclic) bond motifs is 1. The summed E-state index contributed by atoms with van der Waals surface area (Å²) in [6.07, 6.45) is 0. The summed E-state index contributed by atoms with van der Waals surface area (Å²) in [4.78, 5) is 29.1. The summed E-state index contributed by atoms with van der Waals surface area (Å²) in [6, 6.07) is 21.1. The van der Waals surface area contributed by atoms with Crippen LogP contribution in [-0.2, 0) is 0 Å². The van der Waals surface area contributed by atoms with Crippen LogP contribution in [0.3, 0.4) is 0 Å². The highest BCUT2D eigenvalue weighted by atomic mass is 16.4. The van der Waals surface area contributed by atoms with Crippen molar-refractivity contribution in [2.24, 2.45) is 0 Å². The van der Waals surface area contributed by atoms with Crippen molar-refractivity contribution in [3.63, 3.8) is 0 Å². The van der Waals surface area contributed by atoms with Crippen LogP contribution in [0.2, 0.25) is 0 Å². The number of hydrogen-bond donors (Lipinski definition) is 2. The van der Waals surface area contributed by atoms with Crippen molar-refractivity contribution in [1.29, 1.82) is 0 Å². The van der Waals surface area contributed by atoms with Crippen molar-refractivity contribution in [3.05, 3.63) is 88.8 Å². The van der Waals surface area contributed by atoms with Gasteiger partial charge in [0.05, 0.1) is 22.2 Å². The number of nitrogens with zero attached hydrogens (tertiary/aromatic N) is 1. The summed E-state index contributed by atoms with van der Waals surface area (Å²) < 4.78 is 5.39. The third kappa shape index (κ3) is 3.61. The van der Waals surface area contributed by atoms with Crippen LogP contribution in [0.5, 0.6) is 0 Å². The average molecular weight is 371 g/mol. The molecule has 0 fully saturated rings. The molecule has 0 aliphatic heterocycles. The highest BCUT2D eigenvalue weighted by Gasteiger charge is 2.14. The molecular formula is C22H17N3O3. The zero-order chi connectivity index (χ0) is 19.5. The van der Waals surface area contributed by atoms with Crippen LogP contribution in [-0.4, -0.2) is 11.0 Å². The van der Waals surface area contributed by atoms with Crippen molar-refractivity contribution in [2.75, 3.05) is 10.6 Å². The maximum atomic E-state index is 12.4. The molecule has 6 nitrogen and oxygen atoms in total. The lowest BCUT2D eigenvalue weighted by atomic mass is 10.1. The van der Waals surface area contributed by atoms with Gasteiger partial charge < -0.3 is 15.1 Å². The van der Waals surface area contributed by atoms with Crippen molar-refractivity contribution in [1.82, 2.24) is 4.98 Å². The number of amides is 2. The molecule has 0 aliphatic carbocycles. The smallest absolute Gasteiger partial charge is 0.347 e. The summed E-state index contributed by atoms with van der Waals surface area (Å²) in [5, 5.41) is 5.97. The van der Waals surface area contributed by atoms with E-state index in [0.29, 0.717) is 27.8 Å². The van der Waals surface area contributed by atoms with Crippen molar-refractivity contribution in [2.45, 2.75) is 6.92 Å². The minimum atomic E-state index is -0.473. The van der Waals surface area contributed by atoms with E-state index in [4.69, 9.17) is 4.42 Å². The Kier molecular flexibility index (Phi) is 4.60. The number of hydrogen-bond acceptors (Lipinski definition) is 4. The molecule has 6 heteroatoms. The molecule has 28 heavy (non-hydrogen) atoms. The van der Waals surface area contributed by atoms with E-state index in [2.05, 4.69) is 15.6 Å². The van der Waals surface area contributed by atoms with E-state index in [9.17, 15) is 9.59 Å². The molecule has 0 spiro atoms. The highest BCUT2D eigenvalue weighted by Crippen LogP contribution is 2.27. The Morgan fingerprint density at radius 2 is 1.61 bits per heavy atom. The molecule has 0 aliphatic rings. The summed E-state index contributed by atoms with van der Waals surface area (Å²) in [7, 11) is 0. The van der Waals surface area contributed by atoms with E-state index in [1.54, 1.807) is 48.5 Å². The third-order valence-corrected chi connectivity index (χ3v) is 4.25. The molecule has 4 aromatic rings. The number of carbonyl (C=O) groups excluding carboxylic acids is 1. The molecule has 0 saturated heterocycles. The van der Waals surface area contributed by atoms with Gasteiger partial charge in [0.25, 0.3) is 0 Å². The van der Waals surface area contributed by atoms with Crippen LogP contribution in [0.15, 0.2) is 82.0 Å². The summed E-state index contributed by atoms with van der Waals surface area (Å²) >= 11 is 0. The zero-order valence-corrected chi connectivity index (χ0v) is 15.1. The molecule has 0 bridgehead atoms. The lowest BCUT2D eigenvalue weighted by Gasteiger charge is -2.11. The Hall–Kier alpha value is -3.93. The zero-order valence-electron chi connectivity index (χ0n) is 15.1. The van der Waals surface area contributed by atoms with Crippen molar-refractivity contribution < 1.29 is 9.21 Å². The Bertz CT molecular complexity index is 1210. The first-order valence-electron chi connectivity index (χ1n) is 8.74. The van der Waals surface area contributed by atoms with Gasteiger partial charge in [-0.3, -0.25) is 0 Å². The Labute approximate surface area is 160 Å². The Morgan fingerprint density at radius 1 is 0.893 bits per heavy atom. The van der Waals surface area contributed by atoms with E-state index in [1.165, 1.54) is 0 Å². The molecule has 3 aromatic carbocycles. The van der Waals surface area contributed by atoms with Gasteiger partial charge in [-0.25, -0.2) is 14.6 Å². The predicted molar refractivity (Wildman–Crippen MR) is 110 cm³/mol. The Morgan fingerprint density at radius 3 is 2.43 bits per heavy atom. The van der Waals surface area contributed by atoms with Crippen LogP contribution < -0.4 is 16.3 Å². The quantitative estimate of drug-likeness (QED) is 0.541. The molecule has 0 unspecified atom stereocenters. The minimum Gasteiger partial charge on any atom is -0.403 e. The second-order valence-electron chi connectivity index (χ2n) is 6.31. The van der Waals surface area contributed by atoms with Crippen LogP contribution in [0.1, 0.15) is 5.56 Å². The molecular weight excluding hydrogens is 354 g/mol. The first-order valence-corrected chi connectivity index (χ1v) is 8.74. The number of nitrogens with one attached hydrogen (secondary N) is 2. The minimum absolute atomic E-state index is 0.148. The average Bonchev–Trinajstić information content (AvgIpc) is 2.70. The number of aryl methyl sites for hydroxylation is 1. The number of anilines is 2. The van der Waals surface area contributed by atoms with E-state index in [0.717, 1.165) is 5.56 Å². The number of urea groups is 1. The molecule has 138 valence electrons. The number of carbonyl (C=O) groups is 1. The van der Waals surface area contributed by atoms with Gasteiger partial charge in [-0.2, -0.15) is 0 Å². The van der Waals surface area contributed by atoms with Crippen LogP contribution in [0.25, 0.3) is 22.4 Å². The number of para-hydroxylation sites is 2. The monoisotopic (exact) mass is 371 g/mol. The van der Waals surface area contributed by atoms with Crippen LogP contribution in [0.4, 0.5) is 16.2 Å². The highest BCUT2D eigenvalue weighted by molar-refractivity contribution is 6.02. The Balaban J connectivity index is 1.65. The van der Waals surface area contributed by atoms with E-state index < -0.39 is 11.7 Å². The molecule has 2 amide bonds. The first kappa shape index (κ1) is 17.5. The summed E-state index contributed by atoms with van der Waals surface area (Å²) in [5.41, 5.74) is 2.85. The largest absolute Gasteiger partial charge is 0.403 e. The second kappa shape index (κ2) is 7.36. The molecule has 2 N–H and O–H groups in total. The van der Waals surface area contributed by atoms with Gasteiger partial charge in [0.1, 0.15) is 0 Å². The molecule has 1 aromatic heterocycles. The second-order valence-corrected chi connectivity index (χ2v) is 6.31. The normalized spacial score (nSPS) is 10.6. The number of benzene rings is 3. The van der Waals surface area contributed by atoms with Crippen molar-refractivity contribution in [3.8, 4) is 11.5 Å². The predicted octanol–water partition coefficient (Wildman–Crippen LogP) is 4.81. The molecule has 4 rings (SSSR count). The van der Waals surface area contributed by atoms with Gasteiger partial charge in [0.15, 0.2) is 0 Å². The van der Waals surface area contributed by atoms with E-state index in [-0.39, 0.29) is 5.89 Å². The summed E-state index contributed by atoms with van der Waals surface area (Å²) in [6.45, 7) is 1.98. The lowest BCUT2D eigenvalue weighted by molar-refractivity contribution is 0.262. The van der Waals surface area contributed by atoms with Gasteiger partial charge in [-0.05, 0) is 43.3 Å². The molecule has 0 saturated carbocycles. The number of rotatable bonds is 3. The van der Waals surface area contributed by atoms with Gasteiger partial charge in [-0.15, -0.1) is 0 Å². The van der Waals surface area contributed by atoms with Gasteiger partial charge in [0.2, 0.25) is 5.89 Å². The fourth-order valence-electron chi connectivity index (χ4n) is 2.83. The summed E-state index contributed by atoms with van der Waals surface area (Å²) in [5.74, 6) is 0.148. The molecule has 0 atom stereocenters. The van der Waals surface area contributed by atoms with Gasteiger partial charge in [0, 0.05) is 5.69 Å². The lowest BCUT2D eigenvalue weighted by Crippen LogP contribution is -2.20. The number of aromatic nitrogens is 1. The van der Waals surface area contributed by atoms with Gasteiger partial charge in [-0.1, -0.05) is 42.0 Å². The third-order valence-electron chi connectivity index (χ3n) is 4.25. The van der Waals surface area contributed by atoms with E-state index in [1.807, 2.05) is 31.2 Å². The van der Waals surface area contributed by atoms with Crippen LogP contribution in [0, 0.1) is 6.92 Å². The fourth-order valence-corrected chi connectivity index (χ4v) is 2.83. The SMILES string of the molecule is Cc1ccc(NC(=O)Nc2ccccc2-c2nc3ccccc3c(=O)o2)cc1. The topological polar surface area (TPSA) is 84.2 Å². The van der Waals surface area contributed by atoms with Gasteiger partial charge >= 0.3 is 11.7 Å². The van der Waals surface area contributed by atoms with Crippen molar-refractivity contribution >= 4 is 28.3 Å². The maximum absolute atomic E-state index is 12.4.